The minimum absolute atomic E-state index is 0.0569. The number of rotatable bonds is 5. The average molecular weight is 270 g/mol. The van der Waals surface area contributed by atoms with E-state index in [1.165, 1.54) is 0 Å². The highest BCUT2D eigenvalue weighted by molar-refractivity contribution is 5.76. The summed E-state index contributed by atoms with van der Waals surface area (Å²) in [5.41, 5.74) is 0.772. The van der Waals surface area contributed by atoms with Gasteiger partial charge in [-0.25, -0.2) is 0 Å². The molecule has 1 aliphatic rings. The second-order valence-electron chi connectivity index (χ2n) is 5.76. The van der Waals surface area contributed by atoms with Gasteiger partial charge in [0.25, 0.3) is 0 Å². The molecule has 1 rings (SSSR count). The molecule has 0 bridgehead atoms. The highest BCUT2D eigenvalue weighted by Gasteiger charge is 2.37. The fraction of sp³-hybridized carbons (Fsp3) is 0.714. The van der Waals surface area contributed by atoms with Crippen molar-refractivity contribution in [1.82, 2.24) is 0 Å². The maximum Gasteiger partial charge on any atom is 0.306 e. The summed E-state index contributed by atoms with van der Waals surface area (Å²) >= 11 is 0. The second-order valence-corrected chi connectivity index (χ2v) is 5.76. The van der Waals surface area contributed by atoms with Crippen molar-refractivity contribution >= 4 is 11.9 Å². The SMILES string of the molecule is CC1=CC(CO)C(C)(C)CC1OC(=O)CCC(=O)O. The predicted octanol–water partition coefficient (Wildman–Crippen LogP) is 1.75. The highest BCUT2D eigenvalue weighted by Crippen LogP contribution is 2.40. The van der Waals surface area contributed by atoms with Crippen molar-refractivity contribution in [2.75, 3.05) is 6.61 Å². The Morgan fingerprint density at radius 1 is 1.42 bits per heavy atom. The minimum Gasteiger partial charge on any atom is -0.481 e. The van der Waals surface area contributed by atoms with Crippen LogP contribution in [0.15, 0.2) is 11.6 Å². The molecular weight excluding hydrogens is 248 g/mol. The fourth-order valence-electron chi connectivity index (χ4n) is 2.30. The van der Waals surface area contributed by atoms with Crippen LogP contribution in [0, 0.1) is 11.3 Å². The molecule has 2 atom stereocenters. The Morgan fingerprint density at radius 2 is 2.05 bits per heavy atom. The zero-order chi connectivity index (χ0) is 14.6. The van der Waals surface area contributed by atoms with Gasteiger partial charge in [0.05, 0.1) is 12.8 Å². The monoisotopic (exact) mass is 270 g/mol. The third-order valence-corrected chi connectivity index (χ3v) is 3.70. The number of carbonyl (C=O) groups excluding carboxylic acids is 1. The lowest BCUT2D eigenvalue weighted by atomic mass is 9.69. The molecule has 0 aliphatic heterocycles. The Labute approximate surface area is 113 Å². The van der Waals surface area contributed by atoms with E-state index in [1.807, 2.05) is 26.8 Å². The topological polar surface area (TPSA) is 83.8 Å². The lowest BCUT2D eigenvalue weighted by Gasteiger charge is -2.39. The molecule has 5 heteroatoms. The smallest absolute Gasteiger partial charge is 0.306 e. The maximum atomic E-state index is 11.6. The van der Waals surface area contributed by atoms with Crippen molar-refractivity contribution in [3.8, 4) is 0 Å². The quantitative estimate of drug-likeness (QED) is 0.587. The molecule has 0 aromatic heterocycles. The highest BCUT2D eigenvalue weighted by atomic mass is 16.5. The summed E-state index contributed by atoms with van der Waals surface area (Å²) in [5, 5.41) is 17.9. The van der Waals surface area contributed by atoms with Gasteiger partial charge in [0.1, 0.15) is 6.10 Å². The van der Waals surface area contributed by atoms with E-state index in [1.54, 1.807) is 0 Å². The Morgan fingerprint density at radius 3 is 2.58 bits per heavy atom. The van der Waals surface area contributed by atoms with E-state index in [-0.39, 0.29) is 36.9 Å². The van der Waals surface area contributed by atoms with Gasteiger partial charge in [0.15, 0.2) is 0 Å². The molecule has 108 valence electrons. The van der Waals surface area contributed by atoms with Crippen LogP contribution in [-0.2, 0) is 14.3 Å². The van der Waals surface area contributed by atoms with Crippen LogP contribution in [0.4, 0.5) is 0 Å². The van der Waals surface area contributed by atoms with Crippen molar-refractivity contribution in [3.05, 3.63) is 11.6 Å². The molecule has 5 nitrogen and oxygen atoms in total. The van der Waals surface area contributed by atoms with Crippen molar-refractivity contribution in [2.45, 2.75) is 46.1 Å². The molecule has 0 heterocycles. The molecular formula is C14H22O5. The van der Waals surface area contributed by atoms with Gasteiger partial charge in [-0.05, 0) is 24.3 Å². The van der Waals surface area contributed by atoms with Gasteiger partial charge in [-0.2, -0.15) is 0 Å². The lowest BCUT2D eigenvalue weighted by Crippen LogP contribution is -2.37. The minimum atomic E-state index is -1.01. The number of aliphatic carboxylic acids is 1. The van der Waals surface area contributed by atoms with Crippen LogP contribution in [0.3, 0.4) is 0 Å². The summed E-state index contributed by atoms with van der Waals surface area (Å²) in [5.74, 6) is -1.44. The summed E-state index contributed by atoms with van der Waals surface area (Å²) in [7, 11) is 0. The number of aliphatic hydroxyl groups is 1. The van der Waals surface area contributed by atoms with Gasteiger partial charge in [0.2, 0.25) is 0 Å². The van der Waals surface area contributed by atoms with Crippen LogP contribution in [0.25, 0.3) is 0 Å². The molecule has 0 amide bonds. The van der Waals surface area contributed by atoms with Gasteiger partial charge in [-0.3, -0.25) is 9.59 Å². The molecule has 0 spiro atoms. The number of hydrogen-bond donors (Lipinski definition) is 2. The summed E-state index contributed by atoms with van der Waals surface area (Å²) in [6.07, 6.45) is 1.94. The molecule has 0 saturated heterocycles. The Bertz CT molecular complexity index is 383. The summed E-state index contributed by atoms with van der Waals surface area (Å²) < 4.78 is 5.33. The Balaban J connectivity index is 2.64. The molecule has 0 fully saturated rings. The van der Waals surface area contributed by atoms with Crippen molar-refractivity contribution in [2.24, 2.45) is 11.3 Å². The van der Waals surface area contributed by atoms with Gasteiger partial charge in [0, 0.05) is 12.5 Å². The molecule has 1 aliphatic carbocycles. The van der Waals surface area contributed by atoms with E-state index in [4.69, 9.17) is 9.84 Å². The van der Waals surface area contributed by atoms with Gasteiger partial charge >= 0.3 is 11.9 Å². The molecule has 0 aromatic rings. The predicted molar refractivity (Wildman–Crippen MR) is 69.5 cm³/mol. The van der Waals surface area contributed by atoms with Gasteiger partial charge in [-0.1, -0.05) is 19.9 Å². The first-order valence-corrected chi connectivity index (χ1v) is 6.46. The maximum absolute atomic E-state index is 11.6. The van der Waals surface area contributed by atoms with Crippen LogP contribution in [0.5, 0.6) is 0 Å². The molecule has 0 aromatic carbocycles. The number of carboxylic acid groups (broad SMARTS) is 1. The number of carboxylic acids is 1. The van der Waals surface area contributed by atoms with Crippen LogP contribution in [0.1, 0.15) is 40.0 Å². The summed E-state index contributed by atoms with van der Waals surface area (Å²) in [4.78, 5) is 22.0. The summed E-state index contributed by atoms with van der Waals surface area (Å²) in [6.45, 7) is 5.99. The normalized spacial score (nSPS) is 25.6. The largest absolute Gasteiger partial charge is 0.481 e. The number of ether oxygens (including phenoxy) is 1. The van der Waals surface area contributed by atoms with E-state index < -0.39 is 11.9 Å². The summed E-state index contributed by atoms with van der Waals surface area (Å²) in [6, 6.07) is 0. The van der Waals surface area contributed by atoms with Crippen LogP contribution < -0.4 is 0 Å². The molecule has 0 saturated carbocycles. The van der Waals surface area contributed by atoms with Gasteiger partial charge in [-0.15, -0.1) is 0 Å². The van der Waals surface area contributed by atoms with Crippen LogP contribution in [0.2, 0.25) is 0 Å². The number of carbonyl (C=O) groups is 2. The Kier molecular flexibility index (Phi) is 5.11. The fourth-order valence-corrected chi connectivity index (χ4v) is 2.30. The van der Waals surface area contributed by atoms with Gasteiger partial charge < -0.3 is 14.9 Å². The standard InChI is InChI=1S/C14H22O5/c1-9-6-10(8-15)14(2,3)7-11(9)19-13(18)5-4-12(16)17/h6,10-11,15H,4-5,7-8H2,1-3H3,(H,16,17). The van der Waals surface area contributed by atoms with Crippen LogP contribution in [-0.4, -0.2) is 34.9 Å². The molecule has 19 heavy (non-hydrogen) atoms. The first-order valence-electron chi connectivity index (χ1n) is 6.46. The first-order chi connectivity index (χ1) is 8.76. The third kappa shape index (κ3) is 4.35. The van der Waals surface area contributed by atoms with Crippen molar-refractivity contribution in [3.63, 3.8) is 0 Å². The molecule has 0 radical (unpaired) electrons. The zero-order valence-corrected chi connectivity index (χ0v) is 11.7. The number of hydrogen-bond acceptors (Lipinski definition) is 4. The van der Waals surface area contributed by atoms with Crippen molar-refractivity contribution in [1.29, 1.82) is 0 Å². The average Bonchev–Trinajstić information content (AvgIpc) is 2.30. The second kappa shape index (κ2) is 6.19. The van der Waals surface area contributed by atoms with Crippen molar-refractivity contribution < 1.29 is 24.5 Å². The Hall–Kier alpha value is -1.36. The zero-order valence-electron chi connectivity index (χ0n) is 11.7. The number of esters is 1. The lowest BCUT2D eigenvalue weighted by molar-refractivity contribution is -0.152. The number of aliphatic hydroxyl groups excluding tert-OH is 1. The third-order valence-electron chi connectivity index (χ3n) is 3.70. The van der Waals surface area contributed by atoms with E-state index in [9.17, 15) is 14.7 Å². The van der Waals surface area contributed by atoms with E-state index in [0.717, 1.165) is 5.57 Å². The molecule has 2 N–H and O–H groups in total. The van der Waals surface area contributed by atoms with E-state index in [0.29, 0.717) is 6.42 Å². The molecule has 2 unspecified atom stereocenters. The first kappa shape index (κ1) is 15.7. The van der Waals surface area contributed by atoms with E-state index >= 15 is 0 Å². The van der Waals surface area contributed by atoms with Crippen LogP contribution >= 0.6 is 0 Å². The van der Waals surface area contributed by atoms with E-state index in [2.05, 4.69) is 0 Å².